The highest BCUT2D eigenvalue weighted by Crippen LogP contribution is 2.30. The number of hydrogen-bond donors (Lipinski definition) is 1. The molecule has 0 amide bonds. The van der Waals surface area contributed by atoms with Crippen LogP contribution in [0.15, 0.2) is 85.1 Å². The Morgan fingerprint density at radius 1 is 0.788 bits per heavy atom. The van der Waals surface area contributed by atoms with Gasteiger partial charge in [-0.25, -0.2) is 15.0 Å². The summed E-state index contributed by atoms with van der Waals surface area (Å²) in [5.41, 5.74) is 3.69. The van der Waals surface area contributed by atoms with Crippen molar-refractivity contribution in [3.05, 3.63) is 96.6 Å². The molecule has 0 radical (unpaired) electrons. The van der Waals surface area contributed by atoms with Crippen molar-refractivity contribution in [3.8, 4) is 16.8 Å². The van der Waals surface area contributed by atoms with Crippen molar-refractivity contribution in [2.24, 2.45) is 0 Å². The molecule has 1 N–H and O–H groups in total. The van der Waals surface area contributed by atoms with E-state index in [4.69, 9.17) is 0 Å². The lowest BCUT2D eigenvalue weighted by Gasteiger charge is -2.11. The fourth-order valence-corrected chi connectivity index (χ4v) is 3.75. The Labute approximate surface area is 187 Å². The first-order valence-corrected chi connectivity index (χ1v) is 10.2. The van der Waals surface area contributed by atoms with Gasteiger partial charge in [0.05, 0.1) is 11.0 Å². The van der Waals surface area contributed by atoms with Crippen molar-refractivity contribution in [3.63, 3.8) is 0 Å². The van der Waals surface area contributed by atoms with Crippen LogP contribution in [0.5, 0.6) is 0 Å². The molecule has 0 bridgehead atoms. The van der Waals surface area contributed by atoms with Gasteiger partial charge in [-0.15, -0.1) is 0 Å². The Morgan fingerprint density at radius 2 is 1.58 bits per heavy atom. The third-order valence-electron chi connectivity index (χ3n) is 5.23. The maximum atomic E-state index is 13.0. The Balaban J connectivity index is 1.51. The van der Waals surface area contributed by atoms with E-state index in [0.29, 0.717) is 5.82 Å². The number of hydrogen-bond acceptors (Lipinski definition) is 4. The zero-order chi connectivity index (χ0) is 23.0. The zero-order valence-corrected chi connectivity index (χ0v) is 17.5. The number of fused-ring (bicyclic) bond motifs is 1. The second-order valence-electron chi connectivity index (χ2n) is 7.49. The predicted molar refractivity (Wildman–Crippen MR) is 122 cm³/mol. The molecule has 3 aromatic heterocycles. The fraction of sp³-hybridized carbons (Fsp3) is 0.0800. The number of para-hydroxylation sites is 1. The maximum Gasteiger partial charge on any atom is 0.433 e. The number of alkyl halides is 3. The van der Waals surface area contributed by atoms with Gasteiger partial charge in [0.25, 0.3) is 0 Å². The summed E-state index contributed by atoms with van der Waals surface area (Å²) in [5.74, 6) is 1.34. The minimum absolute atomic E-state index is 0.0719. The topological polar surface area (TPSA) is 55.6 Å². The number of benzene rings is 2. The molecule has 5 nitrogen and oxygen atoms in total. The van der Waals surface area contributed by atoms with Crippen LogP contribution in [0.4, 0.5) is 24.8 Å². The van der Waals surface area contributed by atoms with Crippen LogP contribution >= 0.6 is 0 Å². The van der Waals surface area contributed by atoms with E-state index in [1.54, 1.807) is 12.3 Å². The van der Waals surface area contributed by atoms with Crippen LogP contribution in [-0.4, -0.2) is 19.5 Å². The molecule has 164 valence electrons. The smallest absolute Gasteiger partial charge is 0.325 e. The lowest BCUT2D eigenvalue weighted by atomic mass is 10.1. The number of imidazole rings is 1. The van der Waals surface area contributed by atoms with Gasteiger partial charge in [0, 0.05) is 11.9 Å². The monoisotopic (exact) mass is 445 g/mol. The molecule has 2 aromatic carbocycles. The van der Waals surface area contributed by atoms with Crippen molar-refractivity contribution < 1.29 is 13.2 Å². The molecule has 0 unspecified atom stereocenters. The summed E-state index contributed by atoms with van der Waals surface area (Å²) in [4.78, 5) is 12.5. The van der Waals surface area contributed by atoms with E-state index in [9.17, 15) is 13.2 Å². The highest BCUT2D eigenvalue weighted by atomic mass is 19.4. The first kappa shape index (κ1) is 20.7. The minimum Gasteiger partial charge on any atom is -0.325 e. The molecule has 0 atom stereocenters. The first-order chi connectivity index (χ1) is 15.9. The van der Waals surface area contributed by atoms with Crippen LogP contribution in [-0.2, 0) is 6.18 Å². The third-order valence-corrected chi connectivity index (χ3v) is 5.23. The standard InChI is InChI=1S/C25H18F3N5/c1-16-30-20-11-10-17(14-21(20)33(16)19-6-3-2-4-7-19)18-12-13-29-24(15-18)32-23-9-5-8-22(31-23)25(26,27)28/h2-15H,1H3,(H,29,31,32). The summed E-state index contributed by atoms with van der Waals surface area (Å²) in [6.07, 6.45) is -2.91. The van der Waals surface area contributed by atoms with Crippen LogP contribution in [0.1, 0.15) is 11.5 Å². The SMILES string of the molecule is Cc1nc2ccc(-c3ccnc(Nc4cccc(C(F)(F)F)n4)c3)cc2n1-c1ccccc1. The molecule has 3 heterocycles. The zero-order valence-electron chi connectivity index (χ0n) is 17.5. The molecule has 0 aliphatic rings. The molecular weight excluding hydrogens is 427 g/mol. The maximum absolute atomic E-state index is 13.0. The Bertz CT molecular complexity index is 1440. The Kier molecular flexibility index (Phi) is 5.05. The average Bonchev–Trinajstić information content (AvgIpc) is 3.14. The predicted octanol–water partition coefficient (Wildman–Crippen LogP) is 6.55. The van der Waals surface area contributed by atoms with E-state index in [-0.39, 0.29) is 5.82 Å². The van der Waals surface area contributed by atoms with E-state index in [1.165, 1.54) is 12.1 Å². The number of pyridine rings is 2. The van der Waals surface area contributed by atoms with Gasteiger partial charge in [-0.1, -0.05) is 30.3 Å². The third kappa shape index (κ3) is 4.15. The highest BCUT2D eigenvalue weighted by Gasteiger charge is 2.32. The van der Waals surface area contributed by atoms with Gasteiger partial charge in [-0.2, -0.15) is 13.2 Å². The summed E-state index contributed by atoms with van der Waals surface area (Å²) in [7, 11) is 0. The van der Waals surface area contributed by atoms with Crippen molar-refractivity contribution in [2.75, 3.05) is 5.32 Å². The Morgan fingerprint density at radius 3 is 2.36 bits per heavy atom. The molecular formula is C25H18F3N5. The lowest BCUT2D eigenvalue weighted by Crippen LogP contribution is -2.09. The summed E-state index contributed by atoms with van der Waals surface area (Å²) in [5, 5.41) is 2.87. The second kappa shape index (κ2) is 8.05. The van der Waals surface area contributed by atoms with E-state index in [2.05, 4.69) is 24.8 Å². The highest BCUT2D eigenvalue weighted by molar-refractivity contribution is 5.84. The second-order valence-corrected chi connectivity index (χ2v) is 7.49. The normalized spacial score (nSPS) is 11.6. The van der Waals surface area contributed by atoms with Gasteiger partial charge in [-0.05, 0) is 66.6 Å². The van der Waals surface area contributed by atoms with Crippen LogP contribution in [0.2, 0.25) is 0 Å². The van der Waals surface area contributed by atoms with Crippen LogP contribution in [0.25, 0.3) is 27.8 Å². The van der Waals surface area contributed by atoms with E-state index in [1.807, 2.05) is 61.5 Å². The average molecular weight is 445 g/mol. The minimum atomic E-state index is -4.51. The molecule has 0 aliphatic heterocycles. The van der Waals surface area contributed by atoms with Gasteiger partial charge in [0.2, 0.25) is 0 Å². The van der Waals surface area contributed by atoms with Crippen molar-refractivity contribution in [2.45, 2.75) is 13.1 Å². The van der Waals surface area contributed by atoms with Gasteiger partial charge in [0.1, 0.15) is 23.2 Å². The van der Waals surface area contributed by atoms with Crippen molar-refractivity contribution in [1.29, 1.82) is 0 Å². The summed E-state index contributed by atoms with van der Waals surface area (Å²) in [6.45, 7) is 1.96. The van der Waals surface area contributed by atoms with Gasteiger partial charge in [-0.3, -0.25) is 4.57 Å². The van der Waals surface area contributed by atoms with Crippen LogP contribution in [0, 0.1) is 6.92 Å². The molecule has 0 spiro atoms. The number of aryl methyl sites for hydroxylation is 1. The van der Waals surface area contributed by atoms with Crippen molar-refractivity contribution >= 4 is 22.7 Å². The van der Waals surface area contributed by atoms with Gasteiger partial charge >= 0.3 is 6.18 Å². The molecule has 0 saturated heterocycles. The van der Waals surface area contributed by atoms with E-state index >= 15 is 0 Å². The first-order valence-electron chi connectivity index (χ1n) is 10.2. The molecule has 5 rings (SSSR count). The molecule has 0 fully saturated rings. The number of aromatic nitrogens is 4. The number of halogens is 3. The lowest BCUT2D eigenvalue weighted by molar-refractivity contribution is -0.141. The summed E-state index contributed by atoms with van der Waals surface area (Å²) >= 11 is 0. The Hall–Kier alpha value is -4.20. The molecule has 33 heavy (non-hydrogen) atoms. The van der Waals surface area contributed by atoms with E-state index < -0.39 is 11.9 Å². The molecule has 0 aliphatic carbocycles. The fourth-order valence-electron chi connectivity index (χ4n) is 3.75. The summed E-state index contributed by atoms with van der Waals surface area (Å²) in [6, 6.07) is 23.3. The number of nitrogens with zero attached hydrogens (tertiary/aromatic N) is 4. The quantitative estimate of drug-likeness (QED) is 0.341. The van der Waals surface area contributed by atoms with Crippen molar-refractivity contribution in [1.82, 2.24) is 19.5 Å². The largest absolute Gasteiger partial charge is 0.433 e. The number of rotatable bonds is 4. The van der Waals surface area contributed by atoms with Crippen LogP contribution < -0.4 is 5.32 Å². The van der Waals surface area contributed by atoms with E-state index in [0.717, 1.165) is 39.7 Å². The van der Waals surface area contributed by atoms with Crippen LogP contribution in [0.3, 0.4) is 0 Å². The van der Waals surface area contributed by atoms with Gasteiger partial charge in [0.15, 0.2) is 0 Å². The number of anilines is 2. The van der Waals surface area contributed by atoms with Gasteiger partial charge < -0.3 is 5.32 Å². The molecule has 5 aromatic rings. The number of nitrogens with one attached hydrogen (secondary N) is 1. The summed E-state index contributed by atoms with van der Waals surface area (Å²) < 4.78 is 41.0. The molecule has 0 saturated carbocycles. The molecule has 8 heteroatoms.